The van der Waals surface area contributed by atoms with E-state index in [4.69, 9.17) is 5.73 Å². The number of likely N-dealkylation sites (tertiary alicyclic amines) is 1. The Hall–Kier alpha value is -2.11. The zero-order valence-electron chi connectivity index (χ0n) is 11.6. The fraction of sp³-hybridized carbons (Fsp3) is 0.429. The summed E-state index contributed by atoms with van der Waals surface area (Å²) in [4.78, 5) is 25.7. The lowest BCUT2D eigenvalue weighted by Gasteiger charge is -2.22. The number of carbonyl (C=O) groups excluding carboxylic acids is 2. The van der Waals surface area contributed by atoms with E-state index in [0.717, 1.165) is 12.1 Å². The van der Waals surface area contributed by atoms with Crippen molar-refractivity contribution in [3.05, 3.63) is 29.6 Å². The summed E-state index contributed by atoms with van der Waals surface area (Å²) in [5.74, 6) is -0.933. The summed E-state index contributed by atoms with van der Waals surface area (Å²) in [6, 6.07) is 3.77. The van der Waals surface area contributed by atoms with Gasteiger partial charge in [0, 0.05) is 31.4 Å². The van der Waals surface area contributed by atoms with Crippen molar-refractivity contribution >= 4 is 17.5 Å². The second-order valence-corrected chi connectivity index (χ2v) is 5.39. The maximum Gasteiger partial charge on any atom is 0.254 e. The molecule has 1 unspecified atom stereocenters. The molecule has 0 spiro atoms. The lowest BCUT2D eigenvalue weighted by Crippen LogP contribution is -2.40. The normalized spacial score (nSPS) is 21.9. The van der Waals surface area contributed by atoms with E-state index in [0.29, 0.717) is 19.5 Å². The van der Waals surface area contributed by atoms with Crippen LogP contribution in [0, 0.1) is 11.2 Å². The number of carbonyl (C=O) groups is 2. The predicted octanol–water partition coefficient (Wildman–Crippen LogP) is 1.01. The molecule has 2 rings (SSSR count). The first-order valence-corrected chi connectivity index (χ1v) is 6.43. The maximum atomic E-state index is 13.3. The Balaban J connectivity index is 2.17. The molecule has 5 nitrogen and oxygen atoms in total. The number of nitrogen functional groups attached to an aromatic ring is 1. The topological polar surface area (TPSA) is 75.4 Å². The highest BCUT2D eigenvalue weighted by Gasteiger charge is 2.41. The van der Waals surface area contributed by atoms with Crippen LogP contribution < -0.4 is 11.1 Å². The third-order valence-electron chi connectivity index (χ3n) is 3.70. The molecule has 1 atom stereocenters. The Morgan fingerprint density at radius 2 is 2.10 bits per heavy atom. The first-order chi connectivity index (χ1) is 9.35. The van der Waals surface area contributed by atoms with Gasteiger partial charge in [-0.1, -0.05) is 0 Å². The molecule has 6 heteroatoms. The Kier molecular flexibility index (Phi) is 3.65. The van der Waals surface area contributed by atoms with E-state index in [1.54, 1.807) is 11.9 Å². The van der Waals surface area contributed by atoms with Gasteiger partial charge in [0.2, 0.25) is 5.91 Å². The van der Waals surface area contributed by atoms with Gasteiger partial charge in [-0.25, -0.2) is 4.39 Å². The number of halogens is 1. The summed E-state index contributed by atoms with van der Waals surface area (Å²) in [5, 5.41) is 2.61. The van der Waals surface area contributed by atoms with E-state index in [9.17, 15) is 14.0 Å². The monoisotopic (exact) mass is 279 g/mol. The third-order valence-corrected chi connectivity index (χ3v) is 3.70. The fourth-order valence-corrected chi connectivity index (χ4v) is 2.54. The van der Waals surface area contributed by atoms with Crippen LogP contribution in [-0.2, 0) is 4.79 Å². The van der Waals surface area contributed by atoms with Crippen LogP contribution in [-0.4, -0.2) is 36.9 Å². The third kappa shape index (κ3) is 2.59. The quantitative estimate of drug-likeness (QED) is 0.793. The van der Waals surface area contributed by atoms with Crippen LogP contribution in [0.3, 0.4) is 0 Å². The van der Waals surface area contributed by atoms with Crippen molar-refractivity contribution in [2.24, 2.45) is 5.41 Å². The first kappa shape index (κ1) is 14.3. The van der Waals surface area contributed by atoms with Gasteiger partial charge in [0.05, 0.1) is 5.41 Å². The molecule has 108 valence electrons. The molecule has 0 aromatic heterocycles. The SMILES string of the molecule is CNC(=O)C1(C)CCN(C(=O)c2cc(N)cc(F)c2)C1. The van der Waals surface area contributed by atoms with Gasteiger partial charge in [0.1, 0.15) is 5.82 Å². The Morgan fingerprint density at radius 1 is 1.40 bits per heavy atom. The van der Waals surface area contributed by atoms with E-state index in [2.05, 4.69) is 5.32 Å². The summed E-state index contributed by atoms with van der Waals surface area (Å²) in [6.45, 7) is 2.61. The molecule has 0 bridgehead atoms. The minimum Gasteiger partial charge on any atom is -0.399 e. The number of hydrogen-bond acceptors (Lipinski definition) is 3. The number of hydrogen-bond donors (Lipinski definition) is 2. The van der Waals surface area contributed by atoms with Crippen molar-refractivity contribution in [2.45, 2.75) is 13.3 Å². The molecule has 1 aliphatic heterocycles. The number of rotatable bonds is 2. The van der Waals surface area contributed by atoms with Crippen molar-refractivity contribution in [1.29, 1.82) is 0 Å². The van der Waals surface area contributed by atoms with Gasteiger partial charge in [0.15, 0.2) is 0 Å². The number of nitrogens with one attached hydrogen (secondary N) is 1. The maximum absolute atomic E-state index is 13.3. The molecule has 1 aliphatic rings. The highest BCUT2D eigenvalue weighted by molar-refractivity contribution is 5.96. The summed E-state index contributed by atoms with van der Waals surface area (Å²) in [6.07, 6.45) is 0.587. The zero-order valence-corrected chi connectivity index (χ0v) is 11.6. The minimum absolute atomic E-state index is 0.0912. The van der Waals surface area contributed by atoms with Gasteiger partial charge in [0.25, 0.3) is 5.91 Å². The van der Waals surface area contributed by atoms with Crippen LogP contribution in [0.5, 0.6) is 0 Å². The van der Waals surface area contributed by atoms with Crippen LogP contribution in [0.25, 0.3) is 0 Å². The molecule has 1 aromatic carbocycles. The Bertz CT molecular complexity index is 541. The average molecular weight is 279 g/mol. The molecule has 1 saturated heterocycles. The summed E-state index contributed by atoms with van der Waals surface area (Å²) in [5.41, 5.74) is 5.37. The van der Waals surface area contributed by atoms with E-state index in [-0.39, 0.29) is 23.1 Å². The number of anilines is 1. The summed E-state index contributed by atoms with van der Waals surface area (Å²) < 4.78 is 13.3. The number of amides is 2. The van der Waals surface area contributed by atoms with Crippen molar-refractivity contribution in [3.63, 3.8) is 0 Å². The van der Waals surface area contributed by atoms with E-state index < -0.39 is 11.2 Å². The molecule has 0 radical (unpaired) electrons. The standard InChI is InChI=1S/C14H18FN3O2/c1-14(13(20)17-2)3-4-18(8-14)12(19)9-5-10(15)7-11(16)6-9/h5-7H,3-4,8,16H2,1-2H3,(H,17,20). The van der Waals surface area contributed by atoms with Gasteiger partial charge in [-0.3, -0.25) is 9.59 Å². The molecule has 1 aromatic rings. The fourth-order valence-electron chi connectivity index (χ4n) is 2.54. The highest BCUT2D eigenvalue weighted by Crippen LogP contribution is 2.31. The van der Waals surface area contributed by atoms with E-state index in [1.165, 1.54) is 6.07 Å². The van der Waals surface area contributed by atoms with E-state index >= 15 is 0 Å². The lowest BCUT2D eigenvalue weighted by molar-refractivity contribution is -0.128. The lowest BCUT2D eigenvalue weighted by atomic mass is 9.89. The Morgan fingerprint density at radius 3 is 2.70 bits per heavy atom. The van der Waals surface area contributed by atoms with Gasteiger partial charge < -0.3 is 16.0 Å². The highest BCUT2D eigenvalue weighted by atomic mass is 19.1. The minimum atomic E-state index is -0.594. The van der Waals surface area contributed by atoms with Crippen molar-refractivity contribution in [1.82, 2.24) is 10.2 Å². The van der Waals surface area contributed by atoms with Crippen LogP contribution in [0.1, 0.15) is 23.7 Å². The van der Waals surface area contributed by atoms with Crippen LogP contribution >= 0.6 is 0 Å². The predicted molar refractivity (Wildman–Crippen MR) is 73.5 cm³/mol. The smallest absolute Gasteiger partial charge is 0.254 e. The molecule has 0 aliphatic carbocycles. The summed E-state index contributed by atoms with van der Waals surface area (Å²) in [7, 11) is 1.57. The van der Waals surface area contributed by atoms with Gasteiger partial charge in [-0.15, -0.1) is 0 Å². The Labute approximate surface area is 116 Å². The van der Waals surface area contributed by atoms with Crippen molar-refractivity contribution < 1.29 is 14.0 Å². The van der Waals surface area contributed by atoms with Gasteiger partial charge >= 0.3 is 0 Å². The molecule has 2 amide bonds. The molecule has 0 saturated carbocycles. The second-order valence-electron chi connectivity index (χ2n) is 5.39. The van der Waals surface area contributed by atoms with Crippen molar-refractivity contribution in [2.75, 3.05) is 25.9 Å². The summed E-state index contributed by atoms with van der Waals surface area (Å²) >= 11 is 0. The molecular formula is C14H18FN3O2. The first-order valence-electron chi connectivity index (χ1n) is 6.43. The van der Waals surface area contributed by atoms with E-state index in [1.807, 2.05) is 6.92 Å². The second kappa shape index (κ2) is 5.11. The van der Waals surface area contributed by atoms with Crippen LogP contribution in [0.4, 0.5) is 10.1 Å². The molecular weight excluding hydrogens is 261 g/mol. The number of nitrogens with two attached hydrogens (primary N) is 1. The van der Waals surface area contributed by atoms with Crippen molar-refractivity contribution in [3.8, 4) is 0 Å². The molecule has 1 fully saturated rings. The van der Waals surface area contributed by atoms with Crippen LogP contribution in [0.15, 0.2) is 18.2 Å². The molecule has 20 heavy (non-hydrogen) atoms. The number of nitrogens with zero attached hydrogens (tertiary/aromatic N) is 1. The van der Waals surface area contributed by atoms with Gasteiger partial charge in [-0.05, 0) is 31.5 Å². The molecule has 3 N–H and O–H groups in total. The largest absolute Gasteiger partial charge is 0.399 e. The van der Waals surface area contributed by atoms with Gasteiger partial charge in [-0.2, -0.15) is 0 Å². The average Bonchev–Trinajstić information content (AvgIpc) is 2.79. The molecule has 1 heterocycles. The zero-order chi connectivity index (χ0) is 14.9. The number of benzene rings is 1. The van der Waals surface area contributed by atoms with Crippen LogP contribution in [0.2, 0.25) is 0 Å².